The van der Waals surface area contributed by atoms with Gasteiger partial charge in [-0.1, -0.05) is 11.6 Å². The first-order chi connectivity index (χ1) is 13.7. The van der Waals surface area contributed by atoms with Gasteiger partial charge in [-0.25, -0.2) is 0 Å². The van der Waals surface area contributed by atoms with Crippen LogP contribution in [0.3, 0.4) is 0 Å². The minimum absolute atomic E-state index is 0.0574. The largest absolute Gasteiger partial charge is 0.457 e. The minimum atomic E-state index is -0.0574. The molecule has 0 spiro atoms. The number of rotatable bonds is 5. The van der Waals surface area contributed by atoms with Crippen molar-refractivity contribution < 1.29 is 13.9 Å². The lowest BCUT2D eigenvalue weighted by atomic mass is 10.1. The minimum Gasteiger partial charge on any atom is -0.457 e. The Hall–Kier alpha value is -2.82. The summed E-state index contributed by atoms with van der Waals surface area (Å²) in [7, 11) is 0. The molecule has 2 aromatic carbocycles. The van der Waals surface area contributed by atoms with Crippen LogP contribution in [0.2, 0.25) is 5.02 Å². The van der Waals surface area contributed by atoms with E-state index in [0.29, 0.717) is 16.3 Å². The maximum Gasteiger partial charge on any atom is 0.185 e. The number of allylic oxidation sites excluding steroid dienone is 1. The summed E-state index contributed by atoms with van der Waals surface area (Å²) >= 11 is 5.91. The van der Waals surface area contributed by atoms with E-state index in [1.165, 1.54) is 6.08 Å². The second-order valence-electron chi connectivity index (χ2n) is 6.55. The predicted octanol–water partition coefficient (Wildman–Crippen LogP) is 5.33. The van der Waals surface area contributed by atoms with E-state index in [-0.39, 0.29) is 5.78 Å². The Balaban J connectivity index is 1.42. The van der Waals surface area contributed by atoms with E-state index >= 15 is 0 Å². The Morgan fingerprint density at radius 3 is 2.36 bits per heavy atom. The zero-order chi connectivity index (χ0) is 19.3. The third-order valence-corrected chi connectivity index (χ3v) is 4.93. The Morgan fingerprint density at radius 1 is 0.929 bits per heavy atom. The number of halogens is 1. The van der Waals surface area contributed by atoms with Crippen molar-refractivity contribution in [3.63, 3.8) is 0 Å². The van der Waals surface area contributed by atoms with Crippen LogP contribution in [-0.4, -0.2) is 32.1 Å². The van der Waals surface area contributed by atoms with Gasteiger partial charge in [0.15, 0.2) is 5.78 Å². The highest BCUT2D eigenvalue weighted by Crippen LogP contribution is 2.24. The van der Waals surface area contributed by atoms with Crippen LogP contribution < -0.4 is 4.90 Å². The first-order valence-electron chi connectivity index (χ1n) is 9.20. The number of hydrogen-bond acceptors (Lipinski definition) is 4. The van der Waals surface area contributed by atoms with Gasteiger partial charge in [-0.05, 0) is 72.8 Å². The van der Waals surface area contributed by atoms with E-state index in [1.807, 2.05) is 60.7 Å². The van der Waals surface area contributed by atoms with Crippen molar-refractivity contribution >= 4 is 29.1 Å². The van der Waals surface area contributed by atoms with Gasteiger partial charge in [0.05, 0.1) is 13.2 Å². The summed E-state index contributed by atoms with van der Waals surface area (Å²) in [5.41, 5.74) is 2.70. The number of hydrogen-bond donors (Lipinski definition) is 0. The average Bonchev–Trinajstić information content (AvgIpc) is 3.22. The SMILES string of the molecule is O=C(C=Cc1ccc(-c2ccc(Cl)cc2)o1)c1ccc(N2CCOCC2)cc1. The molecule has 0 atom stereocenters. The molecule has 0 N–H and O–H groups in total. The molecular formula is C23H20ClNO3. The smallest absolute Gasteiger partial charge is 0.185 e. The molecule has 4 nitrogen and oxygen atoms in total. The highest BCUT2D eigenvalue weighted by Gasteiger charge is 2.11. The number of nitrogens with zero attached hydrogens (tertiary/aromatic N) is 1. The highest BCUT2D eigenvalue weighted by atomic mass is 35.5. The molecule has 0 unspecified atom stereocenters. The number of ether oxygens (including phenoxy) is 1. The summed E-state index contributed by atoms with van der Waals surface area (Å²) in [5.74, 6) is 1.31. The fourth-order valence-corrected chi connectivity index (χ4v) is 3.25. The van der Waals surface area contributed by atoms with Crippen molar-refractivity contribution in [2.75, 3.05) is 31.2 Å². The highest BCUT2D eigenvalue weighted by molar-refractivity contribution is 6.30. The summed E-state index contributed by atoms with van der Waals surface area (Å²) in [5, 5.41) is 0.681. The van der Waals surface area contributed by atoms with Crippen molar-refractivity contribution in [3.05, 3.63) is 83.1 Å². The van der Waals surface area contributed by atoms with Crippen molar-refractivity contribution in [3.8, 4) is 11.3 Å². The van der Waals surface area contributed by atoms with Crippen LogP contribution in [-0.2, 0) is 4.74 Å². The summed E-state index contributed by atoms with van der Waals surface area (Å²) in [4.78, 5) is 14.7. The molecule has 1 aliphatic rings. The molecule has 1 saturated heterocycles. The lowest BCUT2D eigenvalue weighted by molar-refractivity contribution is 0.104. The molecule has 1 aromatic heterocycles. The van der Waals surface area contributed by atoms with E-state index in [4.69, 9.17) is 20.8 Å². The van der Waals surface area contributed by atoms with Crippen molar-refractivity contribution in [2.24, 2.45) is 0 Å². The molecule has 0 radical (unpaired) electrons. The fourth-order valence-electron chi connectivity index (χ4n) is 3.12. The normalized spacial score (nSPS) is 14.5. The van der Waals surface area contributed by atoms with Crippen LogP contribution in [0.5, 0.6) is 0 Å². The van der Waals surface area contributed by atoms with Gasteiger partial charge in [-0.2, -0.15) is 0 Å². The second kappa shape index (κ2) is 8.46. The average molecular weight is 394 g/mol. The molecule has 0 saturated carbocycles. The Kier molecular flexibility index (Phi) is 5.60. The monoisotopic (exact) mass is 393 g/mol. The standard InChI is InChI=1S/C23H20ClNO3/c24-19-5-1-18(2-6-19)23-12-10-21(28-23)9-11-22(26)17-3-7-20(8-4-17)25-13-15-27-16-14-25/h1-12H,13-16H2. The van der Waals surface area contributed by atoms with Crippen molar-refractivity contribution in [1.29, 1.82) is 0 Å². The van der Waals surface area contributed by atoms with Crippen molar-refractivity contribution in [1.82, 2.24) is 0 Å². The number of carbonyl (C=O) groups is 1. The molecule has 0 aliphatic carbocycles. The molecule has 4 rings (SSSR count). The van der Waals surface area contributed by atoms with Gasteiger partial charge in [0.1, 0.15) is 11.5 Å². The van der Waals surface area contributed by atoms with Gasteiger partial charge in [0.25, 0.3) is 0 Å². The molecule has 142 valence electrons. The Labute approximate surface area is 169 Å². The van der Waals surface area contributed by atoms with Crippen LogP contribution in [0.15, 0.2) is 71.2 Å². The predicted molar refractivity (Wildman–Crippen MR) is 112 cm³/mol. The van der Waals surface area contributed by atoms with E-state index in [1.54, 1.807) is 6.08 Å². The molecule has 3 aromatic rings. The number of carbonyl (C=O) groups excluding carboxylic acids is 1. The van der Waals surface area contributed by atoms with Gasteiger partial charge in [0, 0.05) is 34.9 Å². The molecule has 5 heteroatoms. The molecule has 2 heterocycles. The molecule has 0 bridgehead atoms. The van der Waals surface area contributed by atoms with Gasteiger partial charge in [0.2, 0.25) is 0 Å². The summed E-state index contributed by atoms with van der Waals surface area (Å²) in [6.07, 6.45) is 3.23. The van der Waals surface area contributed by atoms with Gasteiger partial charge in [-0.3, -0.25) is 4.79 Å². The van der Waals surface area contributed by atoms with E-state index in [2.05, 4.69) is 4.90 Å². The van der Waals surface area contributed by atoms with Crippen LogP contribution in [0.4, 0.5) is 5.69 Å². The Bertz CT molecular complexity index is 968. The number of ketones is 1. The van der Waals surface area contributed by atoms with Crippen LogP contribution in [0.25, 0.3) is 17.4 Å². The molecule has 1 fully saturated rings. The van der Waals surface area contributed by atoms with E-state index in [9.17, 15) is 4.79 Å². The Morgan fingerprint density at radius 2 is 1.64 bits per heavy atom. The lowest BCUT2D eigenvalue weighted by Crippen LogP contribution is -2.36. The lowest BCUT2D eigenvalue weighted by Gasteiger charge is -2.28. The van der Waals surface area contributed by atoms with Crippen LogP contribution in [0, 0.1) is 0 Å². The number of anilines is 1. The fraction of sp³-hybridized carbons (Fsp3) is 0.174. The number of morpholine rings is 1. The quantitative estimate of drug-likeness (QED) is 0.434. The summed E-state index contributed by atoms with van der Waals surface area (Å²) in [6.45, 7) is 3.23. The topological polar surface area (TPSA) is 42.7 Å². The zero-order valence-corrected chi connectivity index (χ0v) is 16.1. The van der Waals surface area contributed by atoms with E-state index < -0.39 is 0 Å². The number of benzene rings is 2. The molecule has 28 heavy (non-hydrogen) atoms. The van der Waals surface area contributed by atoms with Gasteiger partial charge >= 0.3 is 0 Å². The zero-order valence-electron chi connectivity index (χ0n) is 15.3. The van der Waals surface area contributed by atoms with Crippen LogP contribution in [0.1, 0.15) is 16.1 Å². The van der Waals surface area contributed by atoms with Crippen molar-refractivity contribution in [2.45, 2.75) is 0 Å². The molecular weight excluding hydrogens is 374 g/mol. The van der Waals surface area contributed by atoms with Gasteiger partial charge < -0.3 is 14.1 Å². The maximum atomic E-state index is 12.4. The maximum absolute atomic E-state index is 12.4. The first kappa shape index (κ1) is 18.5. The summed E-state index contributed by atoms with van der Waals surface area (Å²) < 4.78 is 11.2. The third kappa shape index (κ3) is 4.35. The van der Waals surface area contributed by atoms with E-state index in [0.717, 1.165) is 43.3 Å². The second-order valence-corrected chi connectivity index (χ2v) is 6.99. The first-order valence-corrected chi connectivity index (χ1v) is 9.58. The number of furan rings is 1. The third-order valence-electron chi connectivity index (χ3n) is 4.68. The molecule has 1 aliphatic heterocycles. The summed E-state index contributed by atoms with van der Waals surface area (Å²) in [6, 6.07) is 18.8. The molecule has 0 amide bonds. The van der Waals surface area contributed by atoms with Gasteiger partial charge in [-0.15, -0.1) is 0 Å². The van der Waals surface area contributed by atoms with Crippen LogP contribution >= 0.6 is 11.6 Å².